The zero-order chi connectivity index (χ0) is 11.4. The van der Waals surface area contributed by atoms with E-state index >= 15 is 0 Å². The number of nitrogen functional groups attached to an aromatic ring is 1. The second kappa shape index (κ2) is 4.71. The molecular weight excluding hydrogens is 198 g/mol. The summed E-state index contributed by atoms with van der Waals surface area (Å²) in [7, 11) is 0. The molecule has 0 atom stereocenters. The molecule has 0 amide bonds. The predicted octanol–water partition coefficient (Wildman–Crippen LogP) is 3.43. The van der Waals surface area contributed by atoms with Crippen molar-refractivity contribution >= 4 is 11.8 Å². The first-order valence-corrected chi connectivity index (χ1v) is 5.29. The summed E-state index contributed by atoms with van der Waals surface area (Å²) in [5.41, 5.74) is 10.2. The molecule has 0 fully saturated rings. The lowest BCUT2D eigenvalue weighted by Gasteiger charge is -2.01. The van der Waals surface area contributed by atoms with E-state index in [1.807, 2.05) is 18.2 Å². The molecule has 0 unspecified atom stereocenters. The Balaban J connectivity index is 2.08. The maximum Gasteiger partial charge on any atom is 0.0937 e. The molecule has 0 aliphatic rings. The van der Waals surface area contributed by atoms with Gasteiger partial charge in [-0.05, 0) is 42.7 Å². The Morgan fingerprint density at radius 2 is 2.19 bits per heavy atom. The molecule has 2 heteroatoms. The molecular formula is C14H15NO. The minimum Gasteiger partial charge on any atom is -0.472 e. The molecule has 2 aromatic rings. The van der Waals surface area contributed by atoms with Gasteiger partial charge in [0.05, 0.1) is 12.5 Å². The van der Waals surface area contributed by atoms with Gasteiger partial charge in [0.2, 0.25) is 0 Å². The van der Waals surface area contributed by atoms with E-state index in [-0.39, 0.29) is 0 Å². The molecule has 0 spiro atoms. The number of hydrogen-bond donors (Lipinski definition) is 1. The van der Waals surface area contributed by atoms with Gasteiger partial charge in [0, 0.05) is 5.69 Å². The summed E-state index contributed by atoms with van der Waals surface area (Å²) >= 11 is 0. The zero-order valence-electron chi connectivity index (χ0n) is 9.31. The van der Waals surface area contributed by atoms with Crippen molar-refractivity contribution in [1.29, 1.82) is 0 Å². The predicted molar refractivity (Wildman–Crippen MR) is 67.0 cm³/mol. The highest BCUT2D eigenvalue weighted by Gasteiger charge is 1.95. The van der Waals surface area contributed by atoms with E-state index in [9.17, 15) is 0 Å². The lowest BCUT2D eigenvalue weighted by molar-refractivity contribution is 0.565. The summed E-state index contributed by atoms with van der Waals surface area (Å²) in [6.07, 6.45) is 8.45. The first-order valence-electron chi connectivity index (χ1n) is 5.29. The van der Waals surface area contributed by atoms with Crippen molar-refractivity contribution in [3.63, 3.8) is 0 Å². The Hall–Kier alpha value is -1.96. The number of anilines is 1. The third-order valence-corrected chi connectivity index (χ3v) is 2.47. The lowest BCUT2D eigenvalue weighted by Crippen LogP contribution is -1.89. The van der Waals surface area contributed by atoms with Crippen LogP contribution in [-0.2, 0) is 6.42 Å². The third kappa shape index (κ3) is 2.54. The third-order valence-electron chi connectivity index (χ3n) is 2.47. The largest absolute Gasteiger partial charge is 0.472 e. The van der Waals surface area contributed by atoms with E-state index in [0.717, 1.165) is 17.7 Å². The SMILES string of the molecule is Cc1ccc(N)c(/C=C/Cc2ccoc2)c1. The standard InChI is InChI=1S/C14H15NO/c1-11-5-6-14(15)13(9-11)4-2-3-12-7-8-16-10-12/h2,4-10H,3,15H2,1H3/b4-2+. The molecule has 2 rings (SSSR count). The van der Waals surface area contributed by atoms with Crippen LogP contribution in [0.3, 0.4) is 0 Å². The maximum absolute atomic E-state index is 5.88. The van der Waals surface area contributed by atoms with Gasteiger partial charge in [0.15, 0.2) is 0 Å². The number of furan rings is 1. The smallest absolute Gasteiger partial charge is 0.0937 e. The van der Waals surface area contributed by atoms with Crippen LogP contribution in [0.5, 0.6) is 0 Å². The summed E-state index contributed by atoms with van der Waals surface area (Å²) in [5, 5.41) is 0. The molecule has 1 aromatic heterocycles. The Kier molecular flexibility index (Phi) is 3.10. The zero-order valence-corrected chi connectivity index (χ0v) is 9.31. The van der Waals surface area contributed by atoms with Crippen LogP contribution in [0.2, 0.25) is 0 Å². The second-order valence-corrected chi connectivity index (χ2v) is 3.87. The maximum atomic E-state index is 5.88. The highest BCUT2D eigenvalue weighted by atomic mass is 16.3. The summed E-state index contributed by atoms with van der Waals surface area (Å²) in [6, 6.07) is 8.00. The van der Waals surface area contributed by atoms with Crippen LogP contribution in [0, 0.1) is 6.92 Å². The summed E-state index contributed by atoms with van der Waals surface area (Å²) < 4.78 is 5.00. The molecule has 2 N–H and O–H groups in total. The van der Waals surface area contributed by atoms with Crippen molar-refractivity contribution < 1.29 is 4.42 Å². The first-order chi connectivity index (χ1) is 7.75. The fraction of sp³-hybridized carbons (Fsp3) is 0.143. The van der Waals surface area contributed by atoms with Gasteiger partial charge in [-0.2, -0.15) is 0 Å². The highest BCUT2D eigenvalue weighted by molar-refractivity contribution is 5.65. The van der Waals surface area contributed by atoms with E-state index in [2.05, 4.69) is 25.1 Å². The van der Waals surface area contributed by atoms with E-state index < -0.39 is 0 Å². The molecule has 0 saturated carbocycles. The van der Waals surface area contributed by atoms with Gasteiger partial charge < -0.3 is 10.2 Å². The van der Waals surface area contributed by atoms with Crippen LogP contribution in [-0.4, -0.2) is 0 Å². The number of benzene rings is 1. The second-order valence-electron chi connectivity index (χ2n) is 3.87. The Bertz CT molecular complexity index is 483. The minimum atomic E-state index is 0.814. The van der Waals surface area contributed by atoms with Crippen LogP contribution in [0.25, 0.3) is 6.08 Å². The molecule has 0 aliphatic carbocycles. The average molecular weight is 213 g/mol. The number of hydrogen-bond acceptors (Lipinski definition) is 2. The van der Waals surface area contributed by atoms with Crippen molar-refractivity contribution in [2.75, 3.05) is 5.73 Å². The van der Waals surface area contributed by atoms with E-state index in [1.54, 1.807) is 12.5 Å². The van der Waals surface area contributed by atoms with Gasteiger partial charge in [0.1, 0.15) is 0 Å². The number of rotatable bonds is 3. The molecule has 0 aliphatic heterocycles. The van der Waals surface area contributed by atoms with E-state index in [0.29, 0.717) is 0 Å². The lowest BCUT2D eigenvalue weighted by atomic mass is 10.1. The van der Waals surface area contributed by atoms with Gasteiger partial charge in [-0.15, -0.1) is 0 Å². The summed E-state index contributed by atoms with van der Waals surface area (Å²) in [6.45, 7) is 2.06. The Morgan fingerprint density at radius 1 is 1.31 bits per heavy atom. The molecule has 0 radical (unpaired) electrons. The van der Waals surface area contributed by atoms with Gasteiger partial charge in [-0.25, -0.2) is 0 Å². The van der Waals surface area contributed by atoms with Crippen LogP contribution < -0.4 is 5.73 Å². The van der Waals surface area contributed by atoms with Crippen molar-refractivity contribution in [3.8, 4) is 0 Å². The molecule has 82 valence electrons. The van der Waals surface area contributed by atoms with Crippen molar-refractivity contribution in [1.82, 2.24) is 0 Å². The monoisotopic (exact) mass is 213 g/mol. The molecule has 1 heterocycles. The molecule has 2 nitrogen and oxygen atoms in total. The normalized spacial score (nSPS) is 11.1. The highest BCUT2D eigenvalue weighted by Crippen LogP contribution is 2.15. The first kappa shape index (κ1) is 10.6. The fourth-order valence-electron chi connectivity index (χ4n) is 1.57. The number of aryl methyl sites for hydroxylation is 1. The summed E-state index contributed by atoms with van der Waals surface area (Å²) in [4.78, 5) is 0. The van der Waals surface area contributed by atoms with Crippen LogP contribution in [0.1, 0.15) is 16.7 Å². The van der Waals surface area contributed by atoms with Gasteiger partial charge >= 0.3 is 0 Å². The average Bonchev–Trinajstić information content (AvgIpc) is 2.76. The molecule has 0 bridgehead atoms. The molecule has 0 saturated heterocycles. The molecule has 1 aromatic carbocycles. The van der Waals surface area contributed by atoms with E-state index in [1.165, 1.54) is 11.1 Å². The van der Waals surface area contributed by atoms with Crippen molar-refractivity contribution in [2.45, 2.75) is 13.3 Å². The van der Waals surface area contributed by atoms with Gasteiger partial charge in [0.25, 0.3) is 0 Å². The van der Waals surface area contributed by atoms with Gasteiger partial charge in [-0.1, -0.05) is 23.8 Å². The van der Waals surface area contributed by atoms with E-state index in [4.69, 9.17) is 10.2 Å². The van der Waals surface area contributed by atoms with Gasteiger partial charge in [-0.3, -0.25) is 0 Å². The summed E-state index contributed by atoms with van der Waals surface area (Å²) in [5.74, 6) is 0. The van der Waals surface area contributed by atoms with Crippen LogP contribution in [0.4, 0.5) is 5.69 Å². The van der Waals surface area contributed by atoms with Crippen molar-refractivity contribution in [2.24, 2.45) is 0 Å². The minimum absolute atomic E-state index is 0.814. The van der Waals surface area contributed by atoms with Crippen molar-refractivity contribution in [3.05, 3.63) is 59.6 Å². The molecule has 16 heavy (non-hydrogen) atoms. The number of allylic oxidation sites excluding steroid dienone is 1. The van der Waals surface area contributed by atoms with Crippen LogP contribution >= 0.6 is 0 Å². The Labute approximate surface area is 95.4 Å². The topological polar surface area (TPSA) is 39.2 Å². The Morgan fingerprint density at radius 3 is 2.94 bits per heavy atom. The fourth-order valence-corrected chi connectivity index (χ4v) is 1.57. The van der Waals surface area contributed by atoms with Crippen LogP contribution in [0.15, 0.2) is 47.3 Å². The number of nitrogens with two attached hydrogens (primary N) is 1. The quantitative estimate of drug-likeness (QED) is 0.793.